The molecule has 16 heavy (non-hydrogen) atoms. The molecular formula is C14H26O2. The average molecular weight is 226 g/mol. The summed E-state index contributed by atoms with van der Waals surface area (Å²) in [7, 11) is 0. The Kier molecular flexibility index (Phi) is 5.86. The van der Waals surface area contributed by atoms with Crippen LogP contribution >= 0.6 is 0 Å². The number of hydrogen-bond acceptors (Lipinski definition) is 1. The van der Waals surface area contributed by atoms with Gasteiger partial charge in [-0.15, -0.1) is 0 Å². The second kappa shape index (κ2) is 6.93. The molecular weight excluding hydrogens is 200 g/mol. The molecule has 0 aromatic carbocycles. The molecule has 94 valence electrons. The lowest BCUT2D eigenvalue weighted by molar-refractivity contribution is -0.151. The topological polar surface area (TPSA) is 37.3 Å². The lowest BCUT2D eigenvalue weighted by Gasteiger charge is -2.31. The highest BCUT2D eigenvalue weighted by Crippen LogP contribution is 2.39. The van der Waals surface area contributed by atoms with Crippen molar-refractivity contribution in [3.05, 3.63) is 0 Å². The van der Waals surface area contributed by atoms with Gasteiger partial charge in [-0.05, 0) is 19.3 Å². The molecule has 0 aromatic heterocycles. The van der Waals surface area contributed by atoms with Gasteiger partial charge < -0.3 is 5.11 Å². The van der Waals surface area contributed by atoms with E-state index in [0.717, 1.165) is 38.5 Å². The third-order valence-electron chi connectivity index (χ3n) is 4.02. The molecule has 0 aliphatic heterocycles. The molecule has 0 aromatic rings. The molecule has 2 nitrogen and oxygen atoms in total. The van der Waals surface area contributed by atoms with Crippen LogP contribution in [0.4, 0.5) is 0 Å². The van der Waals surface area contributed by atoms with Crippen LogP contribution in [0.3, 0.4) is 0 Å². The van der Waals surface area contributed by atoms with E-state index in [1.165, 1.54) is 32.1 Å². The molecule has 0 unspecified atom stereocenters. The minimum atomic E-state index is -0.537. The highest BCUT2D eigenvalue weighted by molar-refractivity contribution is 5.74. The molecule has 0 spiro atoms. The van der Waals surface area contributed by atoms with E-state index in [0.29, 0.717) is 0 Å². The Hall–Kier alpha value is -0.530. The molecule has 0 amide bonds. The zero-order chi connectivity index (χ0) is 11.9. The standard InChI is InChI=1S/C14H26O2/c1-2-3-7-10-14(13(15)16)11-8-5-4-6-9-12-14/h2-12H2,1H3,(H,15,16). The van der Waals surface area contributed by atoms with Crippen molar-refractivity contribution < 1.29 is 9.90 Å². The number of rotatable bonds is 5. The van der Waals surface area contributed by atoms with E-state index in [1.54, 1.807) is 0 Å². The Morgan fingerprint density at radius 2 is 1.62 bits per heavy atom. The van der Waals surface area contributed by atoms with Gasteiger partial charge in [-0.2, -0.15) is 0 Å². The fourth-order valence-corrected chi connectivity index (χ4v) is 2.87. The van der Waals surface area contributed by atoms with Crippen molar-refractivity contribution in [2.75, 3.05) is 0 Å². The summed E-state index contributed by atoms with van der Waals surface area (Å²) in [5, 5.41) is 9.50. The van der Waals surface area contributed by atoms with E-state index >= 15 is 0 Å². The van der Waals surface area contributed by atoms with Crippen molar-refractivity contribution in [2.24, 2.45) is 5.41 Å². The SMILES string of the molecule is CCCCCC1(C(=O)O)CCCCCCC1. The molecule has 0 radical (unpaired) electrons. The maximum absolute atomic E-state index is 11.5. The van der Waals surface area contributed by atoms with Gasteiger partial charge in [0, 0.05) is 0 Å². The van der Waals surface area contributed by atoms with Crippen LogP contribution < -0.4 is 0 Å². The number of carboxylic acids is 1. The highest BCUT2D eigenvalue weighted by Gasteiger charge is 2.37. The van der Waals surface area contributed by atoms with Gasteiger partial charge in [0.2, 0.25) is 0 Å². The third kappa shape index (κ3) is 3.80. The maximum atomic E-state index is 11.5. The van der Waals surface area contributed by atoms with Gasteiger partial charge in [0.15, 0.2) is 0 Å². The number of carboxylic acid groups (broad SMARTS) is 1. The second-order valence-electron chi connectivity index (χ2n) is 5.31. The average Bonchev–Trinajstić information content (AvgIpc) is 2.21. The fourth-order valence-electron chi connectivity index (χ4n) is 2.87. The first kappa shape index (κ1) is 13.5. The largest absolute Gasteiger partial charge is 0.481 e. The van der Waals surface area contributed by atoms with Crippen molar-refractivity contribution >= 4 is 5.97 Å². The van der Waals surface area contributed by atoms with E-state index in [1.807, 2.05) is 0 Å². The minimum absolute atomic E-state index is 0.379. The molecule has 1 rings (SSSR count). The summed E-state index contributed by atoms with van der Waals surface area (Å²) < 4.78 is 0. The number of unbranched alkanes of at least 4 members (excludes halogenated alkanes) is 2. The first-order valence-electron chi connectivity index (χ1n) is 6.95. The number of carbonyl (C=O) groups is 1. The zero-order valence-electron chi connectivity index (χ0n) is 10.6. The first-order valence-corrected chi connectivity index (χ1v) is 6.95. The Bertz CT molecular complexity index is 203. The van der Waals surface area contributed by atoms with E-state index in [-0.39, 0.29) is 5.41 Å². The molecule has 0 bridgehead atoms. The molecule has 1 aliphatic rings. The second-order valence-corrected chi connectivity index (χ2v) is 5.31. The van der Waals surface area contributed by atoms with Crippen molar-refractivity contribution in [2.45, 2.75) is 77.6 Å². The maximum Gasteiger partial charge on any atom is 0.309 e. The summed E-state index contributed by atoms with van der Waals surface area (Å²) in [5.74, 6) is -0.537. The summed E-state index contributed by atoms with van der Waals surface area (Å²) >= 11 is 0. The van der Waals surface area contributed by atoms with E-state index < -0.39 is 5.97 Å². The summed E-state index contributed by atoms with van der Waals surface area (Å²) in [6.45, 7) is 2.17. The predicted octanol–water partition coefficient (Wildman–Crippen LogP) is 4.38. The molecule has 0 saturated heterocycles. The first-order chi connectivity index (χ1) is 7.71. The Labute approximate surface area is 99.4 Å². The van der Waals surface area contributed by atoms with Crippen molar-refractivity contribution in [1.29, 1.82) is 0 Å². The van der Waals surface area contributed by atoms with Crippen molar-refractivity contribution in [1.82, 2.24) is 0 Å². The van der Waals surface area contributed by atoms with Gasteiger partial charge in [-0.3, -0.25) is 4.79 Å². The molecule has 0 heterocycles. The Morgan fingerprint density at radius 3 is 2.12 bits per heavy atom. The summed E-state index contributed by atoms with van der Waals surface area (Å²) in [6.07, 6.45) is 12.1. The van der Waals surface area contributed by atoms with Crippen molar-refractivity contribution in [3.63, 3.8) is 0 Å². The van der Waals surface area contributed by atoms with Crippen LogP contribution in [0.25, 0.3) is 0 Å². The molecule has 0 atom stereocenters. The predicted molar refractivity (Wildman–Crippen MR) is 66.5 cm³/mol. The molecule has 1 saturated carbocycles. The molecule has 1 aliphatic carbocycles. The molecule has 1 fully saturated rings. The normalized spacial score (nSPS) is 21.1. The molecule has 1 N–H and O–H groups in total. The van der Waals surface area contributed by atoms with Gasteiger partial charge >= 0.3 is 5.97 Å². The van der Waals surface area contributed by atoms with Crippen LogP contribution in [-0.2, 0) is 4.79 Å². The van der Waals surface area contributed by atoms with E-state index in [2.05, 4.69) is 6.92 Å². The zero-order valence-corrected chi connectivity index (χ0v) is 10.6. The lowest BCUT2D eigenvalue weighted by atomic mass is 9.73. The molecule has 2 heteroatoms. The summed E-state index contributed by atoms with van der Waals surface area (Å²) in [5.41, 5.74) is -0.379. The van der Waals surface area contributed by atoms with Crippen molar-refractivity contribution in [3.8, 4) is 0 Å². The Balaban J connectivity index is 2.56. The summed E-state index contributed by atoms with van der Waals surface area (Å²) in [6, 6.07) is 0. The fraction of sp³-hybridized carbons (Fsp3) is 0.929. The van der Waals surface area contributed by atoms with Gasteiger partial charge in [0.1, 0.15) is 0 Å². The van der Waals surface area contributed by atoms with Crippen LogP contribution in [0.1, 0.15) is 77.6 Å². The van der Waals surface area contributed by atoms with Crippen LogP contribution in [0, 0.1) is 5.41 Å². The van der Waals surface area contributed by atoms with Crippen LogP contribution in [0.15, 0.2) is 0 Å². The third-order valence-corrected chi connectivity index (χ3v) is 4.02. The monoisotopic (exact) mass is 226 g/mol. The minimum Gasteiger partial charge on any atom is -0.481 e. The van der Waals surface area contributed by atoms with Gasteiger partial charge in [-0.25, -0.2) is 0 Å². The van der Waals surface area contributed by atoms with Crippen LogP contribution in [-0.4, -0.2) is 11.1 Å². The highest BCUT2D eigenvalue weighted by atomic mass is 16.4. The van der Waals surface area contributed by atoms with Gasteiger partial charge in [0.05, 0.1) is 5.41 Å². The smallest absolute Gasteiger partial charge is 0.309 e. The van der Waals surface area contributed by atoms with Gasteiger partial charge in [-0.1, -0.05) is 58.3 Å². The number of hydrogen-bond donors (Lipinski definition) is 1. The quantitative estimate of drug-likeness (QED) is 0.706. The van der Waals surface area contributed by atoms with Crippen LogP contribution in [0.2, 0.25) is 0 Å². The summed E-state index contributed by atoms with van der Waals surface area (Å²) in [4.78, 5) is 11.5. The van der Waals surface area contributed by atoms with E-state index in [9.17, 15) is 9.90 Å². The van der Waals surface area contributed by atoms with Gasteiger partial charge in [0.25, 0.3) is 0 Å². The Morgan fingerprint density at radius 1 is 1.06 bits per heavy atom. The lowest BCUT2D eigenvalue weighted by Crippen LogP contribution is -2.31. The van der Waals surface area contributed by atoms with E-state index in [4.69, 9.17) is 0 Å². The van der Waals surface area contributed by atoms with Crippen LogP contribution in [0.5, 0.6) is 0 Å². The number of aliphatic carboxylic acids is 1.